The Morgan fingerprint density at radius 3 is 2.89 bits per heavy atom. The van der Waals surface area contributed by atoms with Crippen LogP contribution in [0.15, 0.2) is 24.3 Å². The fourth-order valence-corrected chi connectivity index (χ4v) is 6.52. The van der Waals surface area contributed by atoms with E-state index in [2.05, 4.69) is 20.2 Å². The number of nitrogens with one attached hydrogen (secondary N) is 2. The van der Waals surface area contributed by atoms with Gasteiger partial charge in [-0.3, -0.25) is 9.59 Å². The van der Waals surface area contributed by atoms with Crippen LogP contribution >= 0.6 is 22.9 Å². The van der Waals surface area contributed by atoms with Gasteiger partial charge in [-0.05, 0) is 50.1 Å². The van der Waals surface area contributed by atoms with Crippen molar-refractivity contribution in [1.29, 1.82) is 0 Å². The number of hydrogen-bond donors (Lipinski definition) is 3. The molecule has 2 aliphatic rings. The molecule has 2 amide bonds. The third-order valence-electron chi connectivity index (χ3n) is 7.30. The van der Waals surface area contributed by atoms with E-state index in [1.165, 1.54) is 16.2 Å². The summed E-state index contributed by atoms with van der Waals surface area (Å²) in [6, 6.07) is 6.36. The normalized spacial score (nSPS) is 23.3. The molecule has 1 aliphatic carbocycles. The van der Waals surface area contributed by atoms with Gasteiger partial charge in [0.2, 0.25) is 5.78 Å². The number of amides is 2. The van der Waals surface area contributed by atoms with Crippen LogP contribution < -0.4 is 11.1 Å². The number of ketones is 1. The number of hydrogen-bond acceptors (Lipinski definition) is 8. The van der Waals surface area contributed by atoms with Crippen molar-refractivity contribution in [3.8, 4) is 0 Å². The van der Waals surface area contributed by atoms with Gasteiger partial charge in [-0.15, -0.1) is 11.3 Å². The molecule has 3 aromatic rings. The van der Waals surface area contributed by atoms with Crippen LogP contribution in [-0.2, 0) is 17.7 Å². The van der Waals surface area contributed by atoms with Crippen LogP contribution in [0.1, 0.15) is 43.7 Å². The van der Waals surface area contributed by atoms with E-state index in [1.54, 1.807) is 38.4 Å². The molecule has 202 valence electrons. The maximum absolute atomic E-state index is 13.9. The van der Waals surface area contributed by atoms with E-state index < -0.39 is 17.7 Å². The first kappa shape index (κ1) is 26.6. The Kier molecular flexibility index (Phi) is 7.21. The van der Waals surface area contributed by atoms with Gasteiger partial charge in [0.05, 0.1) is 24.0 Å². The Hall–Kier alpha value is -2.99. The highest BCUT2D eigenvalue weighted by Crippen LogP contribution is 2.37. The van der Waals surface area contributed by atoms with Gasteiger partial charge in [-0.25, -0.2) is 9.78 Å². The van der Waals surface area contributed by atoms with Crippen LogP contribution in [0.3, 0.4) is 0 Å². The van der Waals surface area contributed by atoms with Crippen LogP contribution in [0, 0.1) is 5.92 Å². The number of carbonyl (C=O) groups excluding carboxylic acids is 3. The first-order chi connectivity index (χ1) is 18.0. The first-order valence-electron chi connectivity index (χ1n) is 12.5. The van der Waals surface area contributed by atoms with E-state index in [9.17, 15) is 14.4 Å². The summed E-state index contributed by atoms with van der Waals surface area (Å²) in [5.74, 6) is -0.888. The van der Waals surface area contributed by atoms with E-state index in [4.69, 9.17) is 22.1 Å². The molecule has 1 fully saturated rings. The zero-order valence-electron chi connectivity index (χ0n) is 21.5. The molecule has 0 radical (unpaired) electrons. The molecule has 1 aliphatic heterocycles. The zero-order valence-corrected chi connectivity index (χ0v) is 23.1. The van der Waals surface area contributed by atoms with E-state index in [0.717, 1.165) is 41.0 Å². The SMILES string of the molecule is CN1CCc2nc(C(=O)NC3CC(COC(=O)N(C)C)CC3(N)C(=O)c3cc4cc(Cl)ccc4[nH]3)sc2C1. The Balaban J connectivity index is 1.40. The second kappa shape index (κ2) is 10.3. The zero-order chi connectivity index (χ0) is 27.2. The summed E-state index contributed by atoms with van der Waals surface area (Å²) in [5, 5.41) is 4.72. The van der Waals surface area contributed by atoms with Gasteiger partial charge < -0.3 is 30.6 Å². The van der Waals surface area contributed by atoms with Crippen molar-refractivity contribution in [2.75, 3.05) is 34.3 Å². The number of nitrogens with zero attached hydrogens (tertiary/aromatic N) is 3. The van der Waals surface area contributed by atoms with E-state index >= 15 is 0 Å². The van der Waals surface area contributed by atoms with Gasteiger partial charge in [0.1, 0.15) is 5.54 Å². The van der Waals surface area contributed by atoms with Crippen LogP contribution in [0.25, 0.3) is 10.9 Å². The van der Waals surface area contributed by atoms with Gasteiger partial charge in [0.15, 0.2) is 5.01 Å². The third-order valence-corrected chi connectivity index (χ3v) is 8.61. The van der Waals surface area contributed by atoms with Crippen LogP contribution in [0.4, 0.5) is 4.79 Å². The van der Waals surface area contributed by atoms with Gasteiger partial charge in [-0.1, -0.05) is 11.6 Å². The molecular formula is C26H31ClN6O4S. The fraction of sp³-hybridized carbons (Fsp3) is 0.462. The lowest BCUT2D eigenvalue weighted by molar-refractivity contribution is 0.0826. The lowest BCUT2D eigenvalue weighted by Crippen LogP contribution is -2.60. The molecule has 3 atom stereocenters. The summed E-state index contributed by atoms with van der Waals surface area (Å²) in [5.41, 5.74) is 7.48. The summed E-state index contributed by atoms with van der Waals surface area (Å²) in [6.45, 7) is 1.74. The highest BCUT2D eigenvalue weighted by atomic mass is 35.5. The van der Waals surface area contributed by atoms with Crippen LogP contribution in [0.5, 0.6) is 0 Å². The standard InChI is InChI=1S/C26H31ClN6O4S/c1-32(2)25(36)37-13-14-8-21(31-23(35)24-30-18-6-7-33(3)12-20(18)38-24)26(28,11-14)22(34)19-10-15-9-16(27)4-5-17(15)29-19/h4-5,9-10,14,21,29H,6-8,11-13,28H2,1-3H3,(H,31,35). The summed E-state index contributed by atoms with van der Waals surface area (Å²) in [4.78, 5) is 51.5. The molecule has 12 heteroatoms. The number of carbonyl (C=O) groups is 3. The molecule has 0 bridgehead atoms. The topological polar surface area (TPSA) is 134 Å². The Morgan fingerprint density at radius 2 is 2.13 bits per heavy atom. The van der Waals surface area contributed by atoms with Crippen molar-refractivity contribution in [2.24, 2.45) is 11.7 Å². The number of aromatic amines is 1. The Bertz CT molecular complexity index is 1400. The molecule has 5 rings (SSSR count). The molecule has 0 saturated heterocycles. The lowest BCUT2D eigenvalue weighted by Gasteiger charge is -2.30. The monoisotopic (exact) mass is 558 g/mol. The highest BCUT2D eigenvalue weighted by molar-refractivity contribution is 7.13. The van der Waals surface area contributed by atoms with Crippen molar-refractivity contribution in [2.45, 2.75) is 37.4 Å². The van der Waals surface area contributed by atoms with E-state index in [0.29, 0.717) is 22.1 Å². The lowest BCUT2D eigenvalue weighted by atomic mass is 9.86. The summed E-state index contributed by atoms with van der Waals surface area (Å²) >= 11 is 7.50. The summed E-state index contributed by atoms with van der Waals surface area (Å²) in [6.07, 6.45) is 0.945. The molecule has 1 aromatic carbocycles. The largest absolute Gasteiger partial charge is 0.449 e. The van der Waals surface area contributed by atoms with Crippen LogP contribution in [0.2, 0.25) is 5.02 Å². The molecule has 0 spiro atoms. The van der Waals surface area contributed by atoms with Crippen LogP contribution in [-0.4, -0.2) is 83.4 Å². The number of fused-ring (bicyclic) bond motifs is 2. The summed E-state index contributed by atoms with van der Waals surface area (Å²) in [7, 11) is 5.24. The average molecular weight is 559 g/mol. The number of Topliss-reactive ketones (excluding diaryl/α,β-unsaturated/α-hetero) is 1. The third kappa shape index (κ3) is 5.15. The average Bonchev–Trinajstić information content (AvgIpc) is 3.57. The maximum Gasteiger partial charge on any atom is 0.409 e. The Labute approximate surface area is 229 Å². The molecular weight excluding hydrogens is 528 g/mol. The van der Waals surface area contributed by atoms with Gasteiger partial charge in [0.25, 0.3) is 5.91 Å². The Morgan fingerprint density at radius 1 is 1.34 bits per heavy atom. The van der Waals surface area contributed by atoms with Crippen molar-refractivity contribution < 1.29 is 19.1 Å². The molecule has 3 unspecified atom stereocenters. The number of H-pyrrole nitrogens is 1. The number of thiazole rings is 1. The maximum atomic E-state index is 13.9. The van der Waals surface area contributed by atoms with E-state index in [1.807, 2.05) is 7.05 Å². The second-order valence-electron chi connectivity index (χ2n) is 10.5. The van der Waals surface area contributed by atoms with Crippen molar-refractivity contribution in [1.82, 2.24) is 25.1 Å². The highest BCUT2D eigenvalue weighted by Gasteiger charge is 2.51. The molecule has 4 N–H and O–H groups in total. The minimum Gasteiger partial charge on any atom is -0.449 e. The number of ether oxygens (including phenoxy) is 1. The minimum absolute atomic E-state index is 0.0931. The predicted octanol–water partition coefficient (Wildman–Crippen LogP) is 3.05. The predicted molar refractivity (Wildman–Crippen MR) is 146 cm³/mol. The van der Waals surface area contributed by atoms with Gasteiger partial charge in [0, 0.05) is 54.4 Å². The quantitative estimate of drug-likeness (QED) is 0.396. The molecule has 38 heavy (non-hydrogen) atoms. The fourth-order valence-electron chi connectivity index (χ4n) is 5.25. The number of rotatable bonds is 6. The van der Waals surface area contributed by atoms with Gasteiger partial charge in [-0.2, -0.15) is 0 Å². The smallest absolute Gasteiger partial charge is 0.409 e. The molecule has 2 aromatic heterocycles. The van der Waals surface area contributed by atoms with Gasteiger partial charge >= 0.3 is 6.09 Å². The number of benzene rings is 1. The number of aromatic nitrogens is 2. The molecule has 10 nitrogen and oxygen atoms in total. The number of halogens is 1. The first-order valence-corrected chi connectivity index (χ1v) is 13.7. The summed E-state index contributed by atoms with van der Waals surface area (Å²) < 4.78 is 5.40. The minimum atomic E-state index is -1.41. The molecule has 3 heterocycles. The molecule has 1 saturated carbocycles. The number of nitrogens with two attached hydrogens (primary N) is 1. The van der Waals surface area contributed by atoms with Crippen molar-refractivity contribution >= 4 is 51.6 Å². The number of likely N-dealkylation sites (N-methyl/N-ethyl adjacent to an activating group) is 1. The van der Waals surface area contributed by atoms with Crippen molar-refractivity contribution in [3.05, 3.63) is 50.6 Å². The second-order valence-corrected chi connectivity index (χ2v) is 12.0. The van der Waals surface area contributed by atoms with E-state index in [-0.39, 0.29) is 30.6 Å². The van der Waals surface area contributed by atoms with Crippen molar-refractivity contribution in [3.63, 3.8) is 0 Å².